The van der Waals surface area contributed by atoms with Crippen molar-refractivity contribution in [2.45, 2.75) is 45.8 Å². The second-order valence-corrected chi connectivity index (χ2v) is 5.70. The summed E-state index contributed by atoms with van der Waals surface area (Å²) < 4.78 is 31.9. The Morgan fingerprint density at radius 2 is 1.76 bits per heavy atom. The lowest BCUT2D eigenvalue weighted by Gasteiger charge is -2.22. The summed E-state index contributed by atoms with van der Waals surface area (Å²) in [5.74, 6) is -2.85. The first-order valence-electron chi connectivity index (χ1n) is 6.55. The molecule has 21 heavy (non-hydrogen) atoms. The highest BCUT2D eigenvalue weighted by molar-refractivity contribution is 5.85. The van der Waals surface area contributed by atoms with E-state index in [9.17, 15) is 18.4 Å². The van der Waals surface area contributed by atoms with Gasteiger partial charge in [-0.1, -0.05) is 6.07 Å². The highest BCUT2D eigenvalue weighted by Gasteiger charge is 2.23. The molecule has 116 valence electrons. The average Bonchev–Trinajstić information content (AvgIpc) is 2.31. The molecule has 0 aliphatic carbocycles. The van der Waals surface area contributed by atoms with Crippen molar-refractivity contribution >= 4 is 11.9 Å². The van der Waals surface area contributed by atoms with E-state index in [1.54, 1.807) is 20.8 Å². The van der Waals surface area contributed by atoms with Gasteiger partial charge in [-0.2, -0.15) is 0 Å². The summed E-state index contributed by atoms with van der Waals surface area (Å²) in [7, 11) is 0. The molecule has 0 unspecified atom stereocenters. The molecule has 4 nitrogen and oxygen atoms in total. The van der Waals surface area contributed by atoms with Crippen LogP contribution in [-0.2, 0) is 20.7 Å². The smallest absolute Gasteiger partial charge is 0.328 e. The van der Waals surface area contributed by atoms with Gasteiger partial charge in [0.25, 0.3) is 0 Å². The van der Waals surface area contributed by atoms with E-state index in [1.807, 2.05) is 0 Å². The second kappa shape index (κ2) is 6.65. The van der Waals surface area contributed by atoms with E-state index in [4.69, 9.17) is 4.74 Å². The summed E-state index contributed by atoms with van der Waals surface area (Å²) in [6, 6.07) is 2.47. The van der Waals surface area contributed by atoms with Gasteiger partial charge < -0.3 is 10.1 Å². The van der Waals surface area contributed by atoms with Crippen molar-refractivity contribution in [2.24, 2.45) is 0 Å². The van der Waals surface area contributed by atoms with Crippen molar-refractivity contribution in [3.63, 3.8) is 0 Å². The lowest BCUT2D eigenvalue weighted by Crippen LogP contribution is -2.42. The SMILES string of the molecule is C[C@@H](NC(=O)Cc1c(F)cccc1F)C(=O)OC(C)(C)C. The van der Waals surface area contributed by atoms with Gasteiger partial charge >= 0.3 is 5.97 Å². The summed E-state index contributed by atoms with van der Waals surface area (Å²) in [5, 5.41) is 2.36. The first kappa shape index (κ1) is 17.1. The maximum atomic E-state index is 13.4. The fraction of sp³-hybridized carbons (Fsp3) is 0.467. The third-order valence-corrected chi connectivity index (χ3v) is 2.54. The maximum Gasteiger partial charge on any atom is 0.328 e. The molecule has 0 saturated heterocycles. The highest BCUT2D eigenvalue weighted by Crippen LogP contribution is 2.13. The number of ether oxygens (including phenoxy) is 1. The molecule has 1 aromatic rings. The maximum absolute atomic E-state index is 13.4. The van der Waals surface area contributed by atoms with E-state index in [0.29, 0.717) is 0 Å². The molecule has 0 aliphatic rings. The Kier molecular flexibility index (Phi) is 5.41. The summed E-state index contributed by atoms with van der Waals surface area (Å²) in [6.07, 6.45) is -0.481. The normalized spacial score (nSPS) is 12.7. The van der Waals surface area contributed by atoms with Gasteiger partial charge in [-0.05, 0) is 39.8 Å². The van der Waals surface area contributed by atoms with Crippen LogP contribution in [-0.4, -0.2) is 23.5 Å². The Morgan fingerprint density at radius 3 is 2.24 bits per heavy atom. The van der Waals surface area contributed by atoms with Crippen molar-refractivity contribution in [3.05, 3.63) is 35.4 Å². The van der Waals surface area contributed by atoms with Gasteiger partial charge in [0.05, 0.1) is 6.42 Å². The van der Waals surface area contributed by atoms with E-state index in [-0.39, 0.29) is 5.56 Å². The zero-order chi connectivity index (χ0) is 16.2. The van der Waals surface area contributed by atoms with Crippen molar-refractivity contribution < 1.29 is 23.1 Å². The molecule has 0 aliphatic heterocycles. The molecule has 0 radical (unpaired) electrons. The van der Waals surface area contributed by atoms with Gasteiger partial charge in [-0.15, -0.1) is 0 Å². The first-order valence-corrected chi connectivity index (χ1v) is 6.55. The van der Waals surface area contributed by atoms with Crippen molar-refractivity contribution in [1.82, 2.24) is 5.32 Å². The minimum Gasteiger partial charge on any atom is -0.458 e. The van der Waals surface area contributed by atoms with Crippen LogP contribution in [0.1, 0.15) is 33.3 Å². The van der Waals surface area contributed by atoms with Gasteiger partial charge in [0.2, 0.25) is 5.91 Å². The van der Waals surface area contributed by atoms with Gasteiger partial charge in [-0.25, -0.2) is 13.6 Å². The van der Waals surface area contributed by atoms with Crippen LogP contribution in [0.3, 0.4) is 0 Å². The molecule has 0 fully saturated rings. The van der Waals surface area contributed by atoms with Gasteiger partial charge in [0, 0.05) is 5.56 Å². The van der Waals surface area contributed by atoms with Crippen molar-refractivity contribution in [2.75, 3.05) is 0 Å². The number of halogens is 2. The number of carbonyl (C=O) groups is 2. The van der Waals surface area contributed by atoms with Crippen molar-refractivity contribution in [1.29, 1.82) is 0 Å². The van der Waals surface area contributed by atoms with Crippen LogP contribution in [0.2, 0.25) is 0 Å². The molecule has 1 aromatic carbocycles. The minimum absolute atomic E-state index is 0.327. The predicted octanol–water partition coefficient (Wildman–Crippen LogP) is 2.35. The molecule has 0 saturated carbocycles. The topological polar surface area (TPSA) is 55.4 Å². The second-order valence-electron chi connectivity index (χ2n) is 5.70. The number of esters is 1. The van der Waals surface area contributed by atoms with Crippen LogP contribution in [0.15, 0.2) is 18.2 Å². The summed E-state index contributed by atoms with van der Waals surface area (Å²) >= 11 is 0. The van der Waals surface area contributed by atoms with Crippen LogP contribution >= 0.6 is 0 Å². The molecule has 0 aromatic heterocycles. The lowest BCUT2D eigenvalue weighted by atomic mass is 10.1. The Balaban J connectivity index is 2.64. The zero-order valence-electron chi connectivity index (χ0n) is 12.5. The molecule has 1 rings (SSSR count). The third-order valence-electron chi connectivity index (χ3n) is 2.54. The van der Waals surface area contributed by atoms with Crippen LogP contribution in [0.25, 0.3) is 0 Å². The van der Waals surface area contributed by atoms with Crippen LogP contribution < -0.4 is 5.32 Å². The Hall–Kier alpha value is -1.98. The quantitative estimate of drug-likeness (QED) is 0.868. The van der Waals surface area contributed by atoms with Crippen LogP contribution in [0.4, 0.5) is 8.78 Å². The Labute approximate surface area is 122 Å². The molecular weight excluding hydrogens is 280 g/mol. The van der Waals surface area contributed by atoms with E-state index >= 15 is 0 Å². The number of hydrogen-bond acceptors (Lipinski definition) is 3. The van der Waals surface area contributed by atoms with Gasteiger partial charge in [0.15, 0.2) is 0 Å². The summed E-state index contributed by atoms with van der Waals surface area (Å²) in [4.78, 5) is 23.4. The standard InChI is InChI=1S/C15H19F2NO3/c1-9(14(20)21-15(2,3)4)18-13(19)8-10-11(16)6-5-7-12(10)17/h5-7,9H,8H2,1-4H3,(H,18,19)/t9-/m1/s1. The van der Waals surface area contributed by atoms with Gasteiger partial charge in [0.1, 0.15) is 23.3 Å². The Bertz CT molecular complexity index is 518. The molecule has 1 N–H and O–H groups in total. The molecule has 6 heteroatoms. The fourth-order valence-corrected chi connectivity index (χ4v) is 1.60. The number of hydrogen-bond donors (Lipinski definition) is 1. The van der Waals surface area contributed by atoms with Gasteiger partial charge in [-0.3, -0.25) is 4.79 Å². The Morgan fingerprint density at radius 1 is 1.24 bits per heavy atom. The van der Waals surface area contributed by atoms with E-state index in [2.05, 4.69) is 5.32 Å². The molecule has 0 spiro atoms. The number of benzene rings is 1. The van der Waals surface area contributed by atoms with Crippen LogP contribution in [0.5, 0.6) is 0 Å². The zero-order valence-corrected chi connectivity index (χ0v) is 12.5. The lowest BCUT2D eigenvalue weighted by molar-refractivity contribution is -0.158. The fourth-order valence-electron chi connectivity index (χ4n) is 1.60. The highest BCUT2D eigenvalue weighted by atomic mass is 19.1. The molecule has 0 bridgehead atoms. The predicted molar refractivity (Wildman–Crippen MR) is 73.5 cm³/mol. The largest absolute Gasteiger partial charge is 0.458 e. The number of rotatable bonds is 4. The van der Waals surface area contributed by atoms with E-state index in [1.165, 1.54) is 13.0 Å². The number of carbonyl (C=O) groups excluding carboxylic acids is 2. The van der Waals surface area contributed by atoms with E-state index in [0.717, 1.165) is 12.1 Å². The monoisotopic (exact) mass is 299 g/mol. The van der Waals surface area contributed by atoms with E-state index < -0.39 is 41.6 Å². The third kappa shape index (κ3) is 5.49. The molecular formula is C15H19F2NO3. The summed E-state index contributed by atoms with van der Waals surface area (Å²) in [6.45, 7) is 6.56. The first-order chi connectivity index (χ1) is 9.60. The number of nitrogens with one attached hydrogen (secondary N) is 1. The molecule has 0 heterocycles. The minimum atomic E-state index is -0.897. The van der Waals surface area contributed by atoms with Crippen LogP contribution in [0, 0.1) is 11.6 Å². The molecule has 1 atom stereocenters. The average molecular weight is 299 g/mol. The van der Waals surface area contributed by atoms with Crippen molar-refractivity contribution in [3.8, 4) is 0 Å². The molecule has 1 amide bonds. The summed E-state index contributed by atoms with van der Waals surface area (Å²) in [5.41, 5.74) is -1.00. The number of amides is 1.